The number of esters is 1. The average Bonchev–Trinajstić information content (AvgIpc) is 2.19. The van der Waals surface area contributed by atoms with E-state index in [9.17, 15) is 4.79 Å². The average molecular weight is 177 g/mol. The number of rotatable bonds is 1. The molecule has 0 saturated heterocycles. The van der Waals surface area contributed by atoms with Gasteiger partial charge in [-0.25, -0.2) is 4.79 Å². The molecule has 3 nitrogen and oxygen atoms in total. The molecule has 1 aromatic carbocycles. The van der Waals surface area contributed by atoms with E-state index in [0.29, 0.717) is 5.56 Å². The van der Waals surface area contributed by atoms with Crippen LogP contribution in [0.15, 0.2) is 30.3 Å². The Labute approximate surface area is 77.6 Å². The van der Waals surface area contributed by atoms with Crippen molar-refractivity contribution in [1.82, 2.24) is 0 Å². The van der Waals surface area contributed by atoms with E-state index in [1.165, 1.54) is 14.0 Å². The number of ether oxygens (including phenoxy) is 1. The Morgan fingerprint density at radius 3 is 2.23 bits per heavy atom. The fraction of sp³-hybridized carbons (Fsp3) is 0.200. The van der Waals surface area contributed by atoms with Crippen LogP contribution in [-0.2, 0) is 4.74 Å². The Balaban J connectivity index is 0.000000424. The van der Waals surface area contributed by atoms with Crippen LogP contribution < -0.4 is 0 Å². The smallest absolute Gasteiger partial charge is 0.337 e. The number of methoxy groups -OCH3 is 1. The molecule has 0 unspecified atom stereocenters. The Bertz CT molecular complexity index is 288. The zero-order valence-electron chi connectivity index (χ0n) is 7.65. The summed E-state index contributed by atoms with van der Waals surface area (Å²) in [4.78, 5) is 10.8. The van der Waals surface area contributed by atoms with Crippen LogP contribution in [0, 0.1) is 11.3 Å². The van der Waals surface area contributed by atoms with Gasteiger partial charge < -0.3 is 4.74 Å². The molecule has 68 valence electrons. The maximum atomic E-state index is 10.8. The highest BCUT2D eigenvalue weighted by atomic mass is 16.5. The molecule has 0 fully saturated rings. The number of nitriles is 1. The van der Waals surface area contributed by atoms with Crippen molar-refractivity contribution in [2.75, 3.05) is 7.11 Å². The summed E-state index contributed by atoms with van der Waals surface area (Å²) in [7, 11) is 1.37. The largest absolute Gasteiger partial charge is 0.465 e. The van der Waals surface area contributed by atoms with Crippen LogP contribution in [0.5, 0.6) is 0 Å². The van der Waals surface area contributed by atoms with Crippen LogP contribution in [0.2, 0.25) is 0 Å². The van der Waals surface area contributed by atoms with Gasteiger partial charge in [0, 0.05) is 6.92 Å². The van der Waals surface area contributed by atoms with Crippen LogP contribution in [0.1, 0.15) is 17.3 Å². The number of carbonyl (C=O) groups excluding carboxylic acids is 1. The summed E-state index contributed by atoms with van der Waals surface area (Å²) in [6.45, 7) is 1.43. The minimum Gasteiger partial charge on any atom is -0.465 e. The van der Waals surface area contributed by atoms with E-state index in [1.54, 1.807) is 30.3 Å². The molecule has 0 spiro atoms. The van der Waals surface area contributed by atoms with Crippen molar-refractivity contribution < 1.29 is 9.53 Å². The third-order valence-electron chi connectivity index (χ3n) is 1.19. The van der Waals surface area contributed by atoms with E-state index in [1.807, 2.05) is 6.07 Å². The van der Waals surface area contributed by atoms with Crippen molar-refractivity contribution in [1.29, 1.82) is 5.26 Å². The van der Waals surface area contributed by atoms with Crippen molar-refractivity contribution in [3.8, 4) is 6.07 Å². The summed E-state index contributed by atoms with van der Waals surface area (Å²) >= 11 is 0. The second kappa shape index (κ2) is 6.86. The Morgan fingerprint density at radius 1 is 1.38 bits per heavy atom. The Kier molecular flexibility index (Phi) is 5.90. The molecule has 1 aromatic rings. The predicted molar refractivity (Wildman–Crippen MR) is 49.1 cm³/mol. The van der Waals surface area contributed by atoms with Crippen LogP contribution >= 0.6 is 0 Å². The zero-order valence-corrected chi connectivity index (χ0v) is 7.65. The van der Waals surface area contributed by atoms with Crippen molar-refractivity contribution in [3.63, 3.8) is 0 Å². The number of carbonyl (C=O) groups is 1. The van der Waals surface area contributed by atoms with Gasteiger partial charge in [-0.1, -0.05) is 18.2 Å². The quantitative estimate of drug-likeness (QED) is 0.616. The molecule has 0 bridgehead atoms. The molecular weight excluding hydrogens is 166 g/mol. The fourth-order valence-electron chi connectivity index (χ4n) is 0.692. The lowest BCUT2D eigenvalue weighted by atomic mass is 10.2. The van der Waals surface area contributed by atoms with Gasteiger partial charge in [0.1, 0.15) is 0 Å². The van der Waals surface area contributed by atoms with E-state index in [2.05, 4.69) is 4.74 Å². The molecule has 0 radical (unpaired) electrons. The highest BCUT2D eigenvalue weighted by Crippen LogP contribution is 1.98. The number of hydrogen-bond acceptors (Lipinski definition) is 3. The summed E-state index contributed by atoms with van der Waals surface area (Å²) < 4.78 is 4.50. The maximum absolute atomic E-state index is 10.8. The monoisotopic (exact) mass is 177 g/mol. The van der Waals surface area contributed by atoms with Crippen LogP contribution in [0.4, 0.5) is 0 Å². The molecule has 13 heavy (non-hydrogen) atoms. The zero-order chi connectivity index (χ0) is 10.1. The Morgan fingerprint density at radius 2 is 1.85 bits per heavy atom. The van der Waals surface area contributed by atoms with E-state index in [-0.39, 0.29) is 5.97 Å². The normalized spacial score (nSPS) is 7.46. The topological polar surface area (TPSA) is 50.1 Å². The fourth-order valence-corrected chi connectivity index (χ4v) is 0.692. The van der Waals surface area contributed by atoms with Gasteiger partial charge in [0.25, 0.3) is 0 Å². The molecule has 0 aliphatic carbocycles. The summed E-state index contributed by atoms with van der Waals surface area (Å²) in [5.74, 6) is -0.291. The highest BCUT2D eigenvalue weighted by molar-refractivity contribution is 5.89. The minimum absolute atomic E-state index is 0.291. The van der Waals surface area contributed by atoms with Crippen LogP contribution in [0.3, 0.4) is 0 Å². The standard InChI is InChI=1S/C8H8O2.C2H3N/c1-10-8(9)7-5-3-2-4-6-7;1-2-3/h2-6H,1H3;1H3. The molecular formula is C10H11NO2. The van der Waals surface area contributed by atoms with Gasteiger partial charge in [-0.15, -0.1) is 0 Å². The molecule has 0 amide bonds. The molecule has 0 N–H and O–H groups in total. The van der Waals surface area contributed by atoms with Crippen LogP contribution in [-0.4, -0.2) is 13.1 Å². The van der Waals surface area contributed by atoms with Gasteiger partial charge in [0.15, 0.2) is 0 Å². The van der Waals surface area contributed by atoms with E-state index in [0.717, 1.165) is 0 Å². The van der Waals surface area contributed by atoms with Crippen molar-refractivity contribution >= 4 is 5.97 Å². The molecule has 0 saturated carbocycles. The lowest BCUT2D eigenvalue weighted by Crippen LogP contribution is -1.99. The minimum atomic E-state index is -0.291. The summed E-state index contributed by atoms with van der Waals surface area (Å²) in [6, 6.07) is 10.6. The number of nitrogens with zero attached hydrogens (tertiary/aromatic N) is 1. The van der Waals surface area contributed by atoms with Gasteiger partial charge in [-0.05, 0) is 12.1 Å². The third-order valence-corrected chi connectivity index (χ3v) is 1.19. The van der Waals surface area contributed by atoms with Gasteiger partial charge in [-0.2, -0.15) is 5.26 Å². The molecule has 0 heterocycles. The first-order valence-corrected chi connectivity index (χ1v) is 3.70. The first-order valence-electron chi connectivity index (χ1n) is 3.70. The summed E-state index contributed by atoms with van der Waals surface area (Å²) in [5, 5.41) is 7.32. The van der Waals surface area contributed by atoms with Crippen molar-refractivity contribution in [2.45, 2.75) is 6.92 Å². The number of benzene rings is 1. The van der Waals surface area contributed by atoms with Gasteiger partial charge in [0.05, 0.1) is 18.7 Å². The molecule has 1 rings (SSSR count). The second-order valence-electron chi connectivity index (χ2n) is 2.08. The van der Waals surface area contributed by atoms with Gasteiger partial charge in [-0.3, -0.25) is 0 Å². The van der Waals surface area contributed by atoms with Crippen molar-refractivity contribution in [3.05, 3.63) is 35.9 Å². The predicted octanol–water partition coefficient (Wildman–Crippen LogP) is 2.00. The van der Waals surface area contributed by atoms with Crippen LogP contribution in [0.25, 0.3) is 0 Å². The summed E-state index contributed by atoms with van der Waals surface area (Å²) in [6.07, 6.45) is 0. The lowest BCUT2D eigenvalue weighted by molar-refractivity contribution is 0.0601. The molecule has 0 aromatic heterocycles. The second-order valence-corrected chi connectivity index (χ2v) is 2.08. The van der Waals surface area contributed by atoms with E-state index in [4.69, 9.17) is 5.26 Å². The lowest BCUT2D eigenvalue weighted by Gasteiger charge is -1.95. The molecule has 0 atom stereocenters. The first kappa shape index (κ1) is 11.2. The van der Waals surface area contributed by atoms with Gasteiger partial charge >= 0.3 is 5.97 Å². The maximum Gasteiger partial charge on any atom is 0.337 e. The Hall–Kier alpha value is -1.82. The van der Waals surface area contributed by atoms with E-state index >= 15 is 0 Å². The van der Waals surface area contributed by atoms with E-state index < -0.39 is 0 Å². The van der Waals surface area contributed by atoms with Crippen molar-refractivity contribution in [2.24, 2.45) is 0 Å². The summed E-state index contributed by atoms with van der Waals surface area (Å²) in [5.41, 5.74) is 0.588. The number of hydrogen-bond donors (Lipinski definition) is 0. The SMILES string of the molecule is CC#N.COC(=O)c1ccccc1. The molecule has 0 aliphatic rings. The molecule has 3 heteroatoms. The highest BCUT2D eigenvalue weighted by Gasteiger charge is 2.00. The first-order chi connectivity index (χ1) is 6.26. The molecule has 0 aliphatic heterocycles. The third kappa shape index (κ3) is 4.59. The van der Waals surface area contributed by atoms with Gasteiger partial charge in [0.2, 0.25) is 0 Å².